The molecule has 190 valence electrons. The van der Waals surface area contributed by atoms with Crippen LogP contribution in [-0.2, 0) is 17.4 Å². The number of carbonyl (C=O) groups is 2. The van der Waals surface area contributed by atoms with E-state index in [2.05, 4.69) is 21.9 Å². The summed E-state index contributed by atoms with van der Waals surface area (Å²) in [5.41, 5.74) is 1.37. The van der Waals surface area contributed by atoms with Gasteiger partial charge in [-0.2, -0.15) is 13.2 Å². The van der Waals surface area contributed by atoms with Crippen LogP contribution in [0.5, 0.6) is 0 Å². The van der Waals surface area contributed by atoms with Crippen LogP contribution >= 0.6 is 0 Å². The highest BCUT2D eigenvalue weighted by atomic mass is 19.4. The SMILES string of the molecule is C=CC(=O)N1CCCCC(n2c(NC(=O)c3ccnc(C)c3)nc3cc(C(F)(F)F)cc(CC)c32)C1. The van der Waals surface area contributed by atoms with Gasteiger partial charge >= 0.3 is 6.18 Å². The number of aryl methyl sites for hydroxylation is 2. The minimum absolute atomic E-state index is 0.147. The Labute approximate surface area is 207 Å². The van der Waals surface area contributed by atoms with Crippen molar-refractivity contribution in [3.05, 3.63) is 65.5 Å². The Hall–Kier alpha value is -3.69. The van der Waals surface area contributed by atoms with E-state index in [1.165, 1.54) is 12.3 Å². The number of hydrogen-bond acceptors (Lipinski definition) is 4. The number of halogens is 3. The number of alkyl halides is 3. The van der Waals surface area contributed by atoms with Crippen LogP contribution < -0.4 is 5.32 Å². The van der Waals surface area contributed by atoms with Crippen LogP contribution in [0.25, 0.3) is 11.0 Å². The number of pyridine rings is 1. The summed E-state index contributed by atoms with van der Waals surface area (Å²) in [6.45, 7) is 8.02. The summed E-state index contributed by atoms with van der Waals surface area (Å²) in [5.74, 6) is -0.505. The van der Waals surface area contributed by atoms with Gasteiger partial charge in [-0.25, -0.2) is 4.98 Å². The first-order chi connectivity index (χ1) is 17.1. The molecular weight excluding hydrogens is 471 g/mol. The van der Waals surface area contributed by atoms with Crippen LogP contribution in [0.2, 0.25) is 0 Å². The third kappa shape index (κ3) is 5.12. The molecule has 0 bridgehead atoms. The summed E-state index contributed by atoms with van der Waals surface area (Å²) in [6, 6.07) is 5.04. The fourth-order valence-electron chi connectivity index (χ4n) is 4.71. The molecular formula is C26H28F3N5O2. The number of fused-ring (bicyclic) bond motifs is 1. The number of amides is 2. The molecule has 0 radical (unpaired) electrons. The Morgan fingerprint density at radius 1 is 1.25 bits per heavy atom. The van der Waals surface area contributed by atoms with E-state index in [1.807, 2.05) is 0 Å². The average Bonchev–Trinajstić information content (AvgIpc) is 3.02. The number of imidazole rings is 1. The second kappa shape index (κ2) is 10.1. The van der Waals surface area contributed by atoms with Crippen molar-refractivity contribution in [2.24, 2.45) is 0 Å². The summed E-state index contributed by atoms with van der Waals surface area (Å²) >= 11 is 0. The standard InChI is InChI=1S/C26H28F3N5O2/c1-4-17-13-19(26(27,28)29)14-21-23(17)34(20-8-6-7-11-33(15-20)22(35)5-2)25(31-21)32-24(36)18-9-10-30-16(3)12-18/h5,9-10,12-14,20H,2,4,6-8,11,15H2,1,3H3,(H,31,32,36). The summed E-state index contributed by atoms with van der Waals surface area (Å²) < 4.78 is 42.7. The van der Waals surface area contributed by atoms with E-state index < -0.39 is 17.6 Å². The monoisotopic (exact) mass is 499 g/mol. The molecule has 1 aromatic carbocycles. The lowest BCUT2D eigenvalue weighted by Crippen LogP contribution is -2.34. The van der Waals surface area contributed by atoms with Crippen molar-refractivity contribution in [1.29, 1.82) is 0 Å². The lowest BCUT2D eigenvalue weighted by atomic mass is 10.0. The van der Waals surface area contributed by atoms with Crippen molar-refractivity contribution in [3.8, 4) is 0 Å². The number of anilines is 1. The van der Waals surface area contributed by atoms with Gasteiger partial charge in [0.15, 0.2) is 0 Å². The van der Waals surface area contributed by atoms with Crippen molar-refractivity contribution in [2.75, 3.05) is 18.4 Å². The normalized spacial score (nSPS) is 16.6. The van der Waals surface area contributed by atoms with E-state index in [9.17, 15) is 22.8 Å². The number of rotatable bonds is 5. The summed E-state index contributed by atoms with van der Waals surface area (Å²) in [5, 5.41) is 2.81. The molecule has 1 fully saturated rings. The minimum atomic E-state index is -4.53. The van der Waals surface area contributed by atoms with Gasteiger partial charge in [0.05, 0.1) is 22.6 Å². The summed E-state index contributed by atoms with van der Waals surface area (Å²) in [7, 11) is 0. The first-order valence-corrected chi connectivity index (χ1v) is 11.9. The molecule has 1 unspecified atom stereocenters. The van der Waals surface area contributed by atoms with Gasteiger partial charge in [0.2, 0.25) is 11.9 Å². The maximum Gasteiger partial charge on any atom is 0.416 e. The summed E-state index contributed by atoms with van der Waals surface area (Å²) in [6.07, 6.45) is 0.857. The third-order valence-corrected chi connectivity index (χ3v) is 6.45. The lowest BCUT2D eigenvalue weighted by Gasteiger charge is -2.26. The number of carbonyl (C=O) groups excluding carboxylic acids is 2. The van der Waals surface area contributed by atoms with Crippen molar-refractivity contribution in [3.63, 3.8) is 0 Å². The molecule has 1 N–H and O–H groups in total. The maximum absolute atomic E-state index is 13.6. The van der Waals surface area contributed by atoms with Gasteiger partial charge in [0, 0.05) is 30.5 Å². The highest BCUT2D eigenvalue weighted by Crippen LogP contribution is 2.37. The smallest absolute Gasteiger partial charge is 0.337 e. The molecule has 4 rings (SSSR count). The Bertz CT molecular complexity index is 1310. The van der Waals surface area contributed by atoms with Crippen molar-refractivity contribution < 1.29 is 22.8 Å². The zero-order valence-electron chi connectivity index (χ0n) is 20.2. The van der Waals surface area contributed by atoms with Gasteiger partial charge in [-0.05, 0) is 68.5 Å². The molecule has 1 atom stereocenters. The molecule has 0 spiro atoms. The Kier molecular flexibility index (Phi) is 7.14. The second-order valence-corrected chi connectivity index (χ2v) is 8.94. The van der Waals surface area contributed by atoms with Gasteiger partial charge in [0.1, 0.15) is 0 Å². The van der Waals surface area contributed by atoms with E-state index >= 15 is 0 Å². The molecule has 2 amide bonds. The van der Waals surface area contributed by atoms with Crippen LogP contribution in [-0.4, -0.2) is 44.3 Å². The molecule has 1 aliphatic heterocycles. The van der Waals surface area contributed by atoms with Crippen molar-refractivity contribution >= 4 is 28.8 Å². The van der Waals surface area contributed by atoms with Gasteiger partial charge in [-0.15, -0.1) is 0 Å². The number of benzene rings is 1. The molecule has 1 saturated heterocycles. The van der Waals surface area contributed by atoms with Crippen molar-refractivity contribution in [2.45, 2.75) is 51.7 Å². The number of nitrogens with zero attached hydrogens (tertiary/aromatic N) is 4. The number of nitrogens with one attached hydrogen (secondary N) is 1. The predicted molar refractivity (Wildman–Crippen MR) is 131 cm³/mol. The van der Waals surface area contributed by atoms with E-state index in [1.54, 1.807) is 35.4 Å². The zero-order valence-corrected chi connectivity index (χ0v) is 20.2. The molecule has 0 saturated carbocycles. The number of likely N-dealkylation sites (tertiary alicyclic amines) is 1. The minimum Gasteiger partial charge on any atom is -0.337 e. The number of hydrogen-bond donors (Lipinski definition) is 1. The largest absolute Gasteiger partial charge is 0.416 e. The van der Waals surface area contributed by atoms with Crippen LogP contribution in [0.1, 0.15) is 59.4 Å². The van der Waals surface area contributed by atoms with Crippen LogP contribution in [0.4, 0.5) is 19.1 Å². The quantitative estimate of drug-likeness (QED) is 0.483. The number of aromatic nitrogens is 3. The van der Waals surface area contributed by atoms with Crippen LogP contribution in [0.15, 0.2) is 43.1 Å². The molecule has 7 nitrogen and oxygen atoms in total. The summed E-state index contributed by atoms with van der Waals surface area (Å²) in [4.78, 5) is 35.8. The van der Waals surface area contributed by atoms with Gasteiger partial charge in [-0.1, -0.05) is 13.5 Å². The molecule has 3 aromatic rings. The van der Waals surface area contributed by atoms with E-state index in [4.69, 9.17) is 0 Å². The fourth-order valence-corrected chi connectivity index (χ4v) is 4.71. The molecule has 10 heteroatoms. The topological polar surface area (TPSA) is 80.1 Å². The van der Waals surface area contributed by atoms with Crippen LogP contribution in [0.3, 0.4) is 0 Å². The highest BCUT2D eigenvalue weighted by Gasteiger charge is 2.33. The molecule has 2 aromatic heterocycles. The van der Waals surface area contributed by atoms with E-state index in [0.29, 0.717) is 48.3 Å². The first-order valence-electron chi connectivity index (χ1n) is 11.9. The van der Waals surface area contributed by atoms with Crippen molar-refractivity contribution in [1.82, 2.24) is 19.4 Å². The van der Waals surface area contributed by atoms with Crippen LogP contribution in [0, 0.1) is 6.92 Å². The van der Waals surface area contributed by atoms with E-state index in [-0.39, 0.29) is 23.4 Å². The maximum atomic E-state index is 13.6. The van der Waals surface area contributed by atoms with Gasteiger partial charge < -0.3 is 9.47 Å². The Morgan fingerprint density at radius 2 is 2.03 bits per heavy atom. The lowest BCUT2D eigenvalue weighted by molar-refractivity contribution is -0.137. The molecule has 36 heavy (non-hydrogen) atoms. The fraction of sp³-hybridized carbons (Fsp3) is 0.385. The average molecular weight is 500 g/mol. The van der Waals surface area contributed by atoms with E-state index in [0.717, 1.165) is 25.0 Å². The predicted octanol–water partition coefficient (Wildman–Crippen LogP) is 5.31. The Balaban J connectivity index is 1.88. The molecule has 3 heterocycles. The Morgan fingerprint density at radius 3 is 2.69 bits per heavy atom. The first kappa shape index (κ1) is 25.4. The van der Waals surface area contributed by atoms with Gasteiger partial charge in [-0.3, -0.25) is 19.9 Å². The molecule has 1 aliphatic rings. The highest BCUT2D eigenvalue weighted by molar-refractivity contribution is 6.04. The third-order valence-electron chi connectivity index (χ3n) is 6.45. The second-order valence-electron chi connectivity index (χ2n) is 8.94. The zero-order chi connectivity index (χ0) is 26.0. The van der Waals surface area contributed by atoms with Gasteiger partial charge in [0.25, 0.3) is 5.91 Å². The molecule has 0 aliphatic carbocycles.